The third-order valence-corrected chi connectivity index (χ3v) is 4.30. The number of aromatic nitrogens is 2. The van der Waals surface area contributed by atoms with Crippen molar-refractivity contribution in [1.82, 2.24) is 15.3 Å². The van der Waals surface area contributed by atoms with Crippen molar-refractivity contribution >= 4 is 49.9 Å². The average molecular weight is 470 g/mol. The number of carbonyl (C=O) groups is 1. The molecule has 0 aliphatic rings. The topological polar surface area (TPSA) is 102 Å². The number of halogens is 4. The van der Waals surface area contributed by atoms with Crippen molar-refractivity contribution in [3.05, 3.63) is 46.9 Å². The number of nitrogens with one attached hydrogen (secondary N) is 2. The van der Waals surface area contributed by atoms with E-state index in [1.165, 1.54) is 12.4 Å². The molecule has 1 amide bonds. The van der Waals surface area contributed by atoms with Gasteiger partial charge in [-0.25, -0.2) is 14.4 Å². The predicted molar refractivity (Wildman–Crippen MR) is 106 cm³/mol. The van der Waals surface area contributed by atoms with E-state index in [0.717, 1.165) is 0 Å². The summed E-state index contributed by atoms with van der Waals surface area (Å²) in [5, 5.41) is 5.46. The molecule has 1 aromatic heterocycles. The van der Waals surface area contributed by atoms with Gasteiger partial charge in [0.05, 0.1) is 23.4 Å². The van der Waals surface area contributed by atoms with Crippen LogP contribution in [0.2, 0.25) is 0 Å². The molecule has 3 rings (SSSR count). The van der Waals surface area contributed by atoms with Crippen molar-refractivity contribution in [2.75, 3.05) is 24.2 Å². The van der Waals surface area contributed by atoms with Gasteiger partial charge in [-0.1, -0.05) is 15.9 Å². The SMILES string of the molecule is Nc1cc2c(Nc3ccc(Br)cc3F)ncnc2cc1OCCNC(=O)C(F)F. The van der Waals surface area contributed by atoms with Crippen LogP contribution in [-0.2, 0) is 4.79 Å². The first-order valence-electron chi connectivity index (χ1n) is 8.30. The molecule has 0 atom stereocenters. The number of ether oxygens (including phenoxy) is 1. The van der Waals surface area contributed by atoms with Crippen molar-refractivity contribution < 1.29 is 22.7 Å². The van der Waals surface area contributed by atoms with Crippen LogP contribution >= 0.6 is 15.9 Å². The Morgan fingerprint density at radius 3 is 2.76 bits per heavy atom. The number of rotatable bonds is 7. The number of anilines is 3. The van der Waals surface area contributed by atoms with Crippen molar-refractivity contribution in [1.29, 1.82) is 0 Å². The minimum Gasteiger partial charge on any atom is -0.490 e. The van der Waals surface area contributed by atoms with Crippen LogP contribution in [-0.4, -0.2) is 35.5 Å². The molecule has 0 aliphatic heterocycles. The molecule has 0 unspecified atom stereocenters. The number of hydrogen-bond donors (Lipinski definition) is 3. The van der Waals surface area contributed by atoms with Crippen molar-refractivity contribution in [3.8, 4) is 5.75 Å². The van der Waals surface area contributed by atoms with Crippen LogP contribution in [0.4, 0.5) is 30.4 Å². The van der Waals surface area contributed by atoms with Crippen LogP contribution in [0.1, 0.15) is 0 Å². The highest BCUT2D eigenvalue weighted by Crippen LogP contribution is 2.32. The van der Waals surface area contributed by atoms with Gasteiger partial charge in [-0.15, -0.1) is 0 Å². The molecule has 0 aliphatic carbocycles. The molecule has 0 saturated heterocycles. The van der Waals surface area contributed by atoms with Gasteiger partial charge in [0.1, 0.15) is 30.3 Å². The molecule has 152 valence electrons. The highest BCUT2D eigenvalue weighted by molar-refractivity contribution is 9.10. The fourth-order valence-electron chi connectivity index (χ4n) is 2.46. The zero-order valence-corrected chi connectivity index (χ0v) is 16.3. The van der Waals surface area contributed by atoms with E-state index in [4.69, 9.17) is 10.5 Å². The minimum absolute atomic E-state index is 0.0610. The lowest BCUT2D eigenvalue weighted by Gasteiger charge is -2.13. The van der Waals surface area contributed by atoms with Crippen LogP contribution in [0.3, 0.4) is 0 Å². The van der Waals surface area contributed by atoms with E-state index in [1.54, 1.807) is 24.3 Å². The Morgan fingerprint density at radius 1 is 1.24 bits per heavy atom. The number of amides is 1. The van der Waals surface area contributed by atoms with E-state index in [-0.39, 0.29) is 30.3 Å². The van der Waals surface area contributed by atoms with Crippen molar-refractivity contribution in [2.45, 2.75) is 6.43 Å². The summed E-state index contributed by atoms with van der Waals surface area (Å²) in [5.41, 5.74) is 6.93. The maximum atomic E-state index is 14.1. The minimum atomic E-state index is -3.08. The Kier molecular flexibility index (Phi) is 6.37. The maximum Gasteiger partial charge on any atom is 0.315 e. The standard InChI is InChI=1S/C18H15BrF3N5O2/c19-9-1-2-13(11(20)5-9)27-17-10-6-12(23)15(7-14(10)25-8-26-17)29-4-3-24-18(28)16(21)22/h1-2,5-8,16H,3-4,23H2,(H,24,28)(H,25,26,27). The number of nitrogens with two attached hydrogens (primary N) is 1. The molecule has 0 bridgehead atoms. The fourth-order valence-corrected chi connectivity index (χ4v) is 2.79. The largest absolute Gasteiger partial charge is 0.490 e. The Hall–Kier alpha value is -3.08. The molecule has 0 saturated carbocycles. The number of hydrogen-bond acceptors (Lipinski definition) is 6. The van der Waals surface area contributed by atoms with Gasteiger partial charge in [0.15, 0.2) is 0 Å². The molecule has 1 heterocycles. The highest BCUT2D eigenvalue weighted by atomic mass is 79.9. The van der Waals surface area contributed by atoms with E-state index >= 15 is 0 Å². The quantitative estimate of drug-likeness (QED) is 0.360. The molecule has 3 aromatic rings. The van der Waals surface area contributed by atoms with E-state index in [2.05, 4.69) is 31.2 Å². The zero-order valence-electron chi connectivity index (χ0n) is 14.8. The summed E-state index contributed by atoms with van der Waals surface area (Å²) in [6, 6.07) is 7.66. The predicted octanol–water partition coefficient (Wildman–Crippen LogP) is 3.62. The zero-order chi connectivity index (χ0) is 21.0. The summed E-state index contributed by atoms with van der Waals surface area (Å²) in [4.78, 5) is 19.1. The second-order valence-electron chi connectivity index (χ2n) is 5.82. The summed E-state index contributed by atoms with van der Waals surface area (Å²) < 4.78 is 44.4. The highest BCUT2D eigenvalue weighted by Gasteiger charge is 2.14. The number of nitrogen functional groups attached to an aromatic ring is 1. The lowest BCUT2D eigenvalue weighted by Crippen LogP contribution is -2.32. The van der Waals surface area contributed by atoms with E-state index in [0.29, 0.717) is 21.2 Å². The van der Waals surface area contributed by atoms with E-state index < -0.39 is 18.1 Å². The number of benzene rings is 2. The molecule has 2 aromatic carbocycles. The molecular formula is C18H15BrF3N5O2. The summed E-state index contributed by atoms with van der Waals surface area (Å²) >= 11 is 3.20. The Bertz CT molecular complexity index is 1050. The van der Waals surface area contributed by atoms with Gasteiger partial charge < -0.3 is 21.1 Å². The summed E-state index contributed by atoms with van der Waals surface area (Å²) in [6.45, 7) is -0.172. The number of carbonyl (C=O) groups excluding carboxylic acids is 1. The van der Waals surface area contributed by atoms with Gasteiger partial charge in [-0.3, -0.25) is 4.79 Å². The monoisotopic (exact) mass is 469 g/mol. The van der Waals surface area contributed by atoms with Crippen LogP contribution < -0.4 is 21.1 Å². The van der Waals surface area contributed by atoms with Crippen molar-refractivity contribution in [3.63, 3.8) is 0 Å². The molecule has 11 heteroatoms. The van der Waals surface area contributed by atoms with Gasteiger partial charge in [0.2, 0.25) is 0 Å². The molecular weight excluding hydrogens is 455 g/mol. The molecule has 0 spiro atoms. The van der Waals surface area contributed by atoms with E-state index in [1.807, 2.05) is 5.32 Å². The molecule has 29 heavy (non-hydrogen) atoms. The van der Waals surface area contributed by atoms with Crippen LogP contribution in [0.25, 0.3) is 10.9 Å². The average Bonchev–Trinajstić information content (AvgIpc) is 2.67. The van der Waals surface area contributed by atoms with Crippen LogP contribution in [0.15, 0.2) is 41.1 Å². The third-order valence-electron chi connectivity index (χ3n) is 3.81. The fraction of sp³-hybridized carbons (Fsp3) is 0.167. The maximum absolute atomic E-state index is 14.1. The van der Waals surface area contributed by atoms with Crippen LogP contribution in [0.5, 0.6) is 5.75 Å². The Morgan fingerprint density at radius 2 is 2.03 bits per heavy atom. The van der Waals surface area contributed by atoms with E-state index in [9.17, 15) is 18.0 Å². The molecule has 0 radical (unpaired) electrons. The second kappa shape index (κ2) is 8.95. The molecule has 0 fully saturated rings. The summed E-state index contributed by atoms with van der Waals surface area (Å²) in [6.07, 6.45) is -1.79. The third kappa shape index (κ3) is 5.05. The molecule has 7 nitrogen and oxygen atoms in total. The first-order chi connectivity index (χ1) is 13.8. The van der Waals surface area contributed by atoms with Crippen LogP contribution in [0, 0.1) is 5.82 Å². The van der Waals surface area contributed by atoms with Gasteiger partial charge in [-0.05, 0) is 24.3 Å². The summed E-state index contributed by atoms with van der Waals surface area (Å²) in [7, 11) is 0. The number of nitrogens with zero attached hydrogens (tertiary/aromatic N) is 2. The van der Waals surface area contributed by atoms with Gasteiger partial charge in [-0.2, -0.15) is 8.78 Å². The first-order valence-corrected chi connectivity index (χ1v) is 9.09. The van der Waals surface area contributed by atoms with Gasteiger partial charge in [0.25, 0.3) is 5.91 Å². The lowest BCUT2D eigenvalue weighted by molar-refractivity contribution is -0.131. The first kappa shape index (κ1) is 20.6. The van der Waals surface area contributed by atoms with Gasteiger partial charge in [0, 0.05) is 15.9 Å². The smallest absolute Gasteiger partial charge is 0.315 e. The number of fused-ring (bicyclic) bond motifs is 1. The van der Waals surface area contributed by atoms with Crippen molar-refractivity contribution in [2.24, 2.45) is 0 Å². The normalized spacial score (nSPS) is 10.9. The lowest BCUT2D eigenvalue weighted by atomic mass is 10.2. The Labute approximate surface area is 171 Å². The summed E-state index contributed by atoms with van der Waals surface area (Å²) in [5.74, 6) is -1.23. The second-order valence-corrected chi connectivity index (χ2v) is 6.73. The molecule has 4 N–H and O–H groups in total. The Balaban J connectivity index is 1.77. The van der Waals surface area contributed by atoms with Gasteiger partial charge >= 0.3 is 6.43 Å². The number of alkyl halides is 2.